The number of alkyl halides is 3. The predicted molar refractivity (Wildman–Crippen MR) is 120 cm³/mol. The minimum absolute atomic E-state index is 0.128. The Morgan fingerprint density at radius 3 is 2.12 bits per heavy atom. The van der Waals surface area contributed by atoms with Crippen LogP contribution in [0.25, 0.3) is 32.5 Å². The number of pyridine rings is 1. The standard InChI is InChI=1S/C20H17N3O3S.C2HF3O2/c1-23-20(24)17-16(12-4-6-21-7-5-12)11-27-19(17)18(22-23)13-8-14(25-2)10-15(9-13)26-3;3-2(4,5)1(6)7/h4-11H,1-3H3;(H,6,7). The summed E-state index contributed by atoms with van der Waals surface area (Å²) in [5.74, 6) is -1.43. The number of nitrogens with zero attached hydrogens (tertiary/aromatic N) is 3. The molecule has 1 N–H and O–H groups in total. The molecule has 34 heavy (non-hydrogen) atoms. The first-order valence-corrected chi connectivity index (χ1v) is 10.4. The Hall–Kier alpha value is -3.93. The molecule has 0 aliphatic carbocycles. The number of hydrogen-bond donors (Lipinski definition) is 1. The van der Waals surface area contributed by atoms with Gasteiger partial charge in [-0.15, -0.1) is 11.3 Å². The van der Waals surface area contributed by atoms with E-state index in [1.807, 2.05) is 29.6 Å². The maximum absolute atomic E-state index is 12.9. The fraction of sp³-hybridized carbons (Fsp3) is 0.182. The van der Waals surface area contributed by atoms with Gasteiger partial charge in [0.1, 0.15) is 17.2 Å². The van der Waals surface area contributed by atoms with Gasteiger partial charge >= 0.3 is 12.1 Å². The predicted octanol–water partition coefficient (Wildman–Crippen LogP) is 4.37. The van der Waals surface area contributed by atoms with E-state index < -0.39 is 12.1 Å². The third kappa shape index (κ3) is 5.17. The molecule has 3 heterocycles. The van der Waals surface area contributed by atoms with Crippen LogP contribution < -0.4 is 15.0 Å². The first-order valence-electron chi connectivity index (χ1n) is 9.49. The number of hydrogen-bond acceptors (Lipinski definition) is 7. The highest BCUT2D eigenvalue weighted by molar-refractivity contribution is 7.18. The largest absolute Gasteiger partial charge is 0.497 e. The van der Waals surface area contributed by atoms with Gasteiger partial charge in [0.15, 0.2) is 0 Å². The van der Waals surface area contributed by atoms with Crippen molar-refractivity contribution < 1.29 is 32.5 Å². The third-order valence-corrected chi connectivity index (χ3v) is 5.61. The van der Waals surface area contributed by atoms with Crippen molar-refractivity contribution in [3.8, 4) is 33.9 Å². The topological polar surface area (TPSA) is 104 Å². The Morgan fingerprint density at radius 1 is 1.06 bits per heavy atom. The number of carboxylic acid groups (broad SMARTS) is 1. The third-order valence-electron chi connectivity index (χ3n) is 4.62. The van der Waals surface area contributed by atoms with E-state index in [0.29, 0.717) is 16.9 Å². The fourth-order valence-electron chi connectivity index (χ4n) is 3.02. The number of carboxylic acids is 1. The summed E-state index contributed by atoms with van der Waals surface area (Å²) in [6.07, 6.45) is -1.64. The van der Waals surface area contributed by atoms with Crippen molar-refractivity contribution in [1.29, 1.82) is 0 Å². The van der Waals surface area contributed by atoms with E-state index in [0.717, 1.165) is 27.1 Å². The number of aromatic nitrogens is 3. The second kappa shape index (κ2) is 9.91. The van der Waals surface area contributed by atoms with Gasteiger partial charge in [-0.2, -0.15) is 18.3 Å². The molecule has 4 rings (SSSR count). The molecule has 178 valence electrons. The van der Waals surface area contributed by atoms with E-state index >= 15 is 0 Å². The highest BCUT2D eigenvalue weighted by Crippen LogP contribution is 2.38. The minimum Gasteiger partial charge on any atom is -0.497 e. The van der Waals surface area contributed by atoms with Crippen molar-refractivity contribution in [2.24, 2.45) is 7.05 Å². The SMILES string of the molecule is COc1cc(OC)cc(-c2nn(C)c(=O)c3c(-c4ccncc4)csc23)c1.O=C(O)C(F)(F)F. The lowest BCUT2D eigenvalue weighted by Gasteiger charge is -2.10. The van der Waals surface area contributed by atoms with Crippen molar-refractivity contribution in [3.05, 3.63) is 58.5 Å². The van der Waals surface area contributed by atoms with Crippen molar-refractivity contribution in [3.63, 3.8) is 0 Å². The van der Waals surface area contributed by atoms with E-state index in [9.17, 15) is 18.0 Å². The Balaban J connectivity index is 0.000000406. The molecule has 0 radical (unpaired) electrons. The molecule has 0 saturated heterocycles. The lowest BCUT2D eigenvalue weighted by atomic mass is 10.0. The first-order chi connectivity index (χ1) is 16.1. The van der Waals surface area contributed by atoms with Gasteiger partial charge in [0.2, 0.25) is 0 Å². The van der Waals surface area contributed by atoms with Crippen LogP contribution in [-0.2, 0) is 11.8 Å². The number of fused-ring (bicyclic) bond motifs is 1. The lowest BCUT2D eigenvalue weighted by molar-refractivity contribution is -0.192. The molecule has 4 aromatic rings. The number of carbonyl (C=O) groups is 1. The molecule has 1 aromatic carbocycles. The summed E-state index contributed by atoms with van der Waals surface area (Å²) < 4.78 is 44.7. The number of rotatable bonds is 4. The van der Waals surface area contributed by atoms with Crippen LogP contribution in [0.15, 0.2) is 52.9 Å². The zero-order valence-corrected chi connectivity index (χ0v) is 18.9. The van der Waals surface area contributed by atoms with Gasteiger partial charge in [-0.25, -0.2) is 9.48 Å². The number of benzene rings is 1. The van der Waals surface area contributed by atoms with E-state index in [2.05, 4.69) is 10.1 Å². The molecule has 0 saturated carbocycles. The number of thiophene rings is 1. The number of halogens is 3. The fourth-order valence-corrected chi connectivity index (χ4v) is 4.10. The van der Waals surface area contributed by atoms with Crippen molar-refractivity contribution >= 4 is 27.4 Å². The van der Waals surface area contributed by atoms with Crippen LogP contribution in [-0.4, -0.2) is 46.2 Å². The van der Waals surface area contributed by atoms with Crippen molar-refractivity contribution in [2.45, 2.75) is 6.18 Å². The Kier molecular flexibility index (Phi) is 7.20. The molecule has 0 amide bonds. The van der Waals surface area contributed by atoms with Crippen LogP contribution in [0.2, 0.25) is 0 Å². The van der Waals surface area contributed by atoms with Crippen molar-refractivity contribution in [2.75, 3.05) is 14.2 Å². The summed E-state index contributed by atoms with van der Waals surface area (Å²) in [7, 11) is 4.88. The lowest BCUT2D eigenvalue weighted by Crippen LogP contribution is -2.21. The average molecular weight is 493 g/mol. The van der Waals surface area contributed by atoms with Gasteiger partial charge in [-0.05, 0) is 29.8 Å². The van der Waals surface area contributed by atoms with Crippen molar-refractivity contribution in [1.82, 2.24) is 14.8 Å². The molecule has 0 bridgehead atoms. The average Bonchev–Trinajstić information content (AvgIpc) is 3.27. The van der Waals surface area contributed by atoms with Crippen LogP contribution in [0.4, 0.5) is 13.2 Å². The smallest absolute Gasteiger partial charge is 0.490 e. The highest BCUT2D eigenvalue weighted by atomic mass is 32.1. The second-order valence-corrected chi connectivity index (χ2v) is 7.65. The Labute approximate surface area is 194 Å². The first kappa shape index (κ1) is 24.7. The van der Waals surface area contributed by atoms with E-state index in [-0.39, 0.29) is 5.56 Å². The number of methoxy groups -OCH3 is 2. The molecule has 0 aliphatic rings. The Bertz CT molecular complexity index is 1360. The van der Waals surface area contributed by atoms with Gasteiger partial charge < -0.3 is 14.6 Å². The molecule has 3 aromatic heterocycles. The van der Waals surface area contributed by atoms with E-state index in [1.54, 1.807) is 39.7 Å². The molecule has 0 unspecified atom stereocenters. The van der Waals surface area contributed by atoms with E-state index in [1.165, 1.54) is 16.0 Å². The molecular weight excluding hydrogens is 475 g/mol. The normalized spacial score (nSPS) is 11.0. The maximum atomic E-state index is 12.9. The van der Waals surface area contributed by atoms with Gasteiger partial charge in [-0.3, -0.25) is 9.78 Å². The van der Waals surface area contributed by atoms with Crippen LogP contribution in [0.1, 0.15) is 0 Å². The highest BCUT2D eigenvalue weighted by Gasteiger charge is 2.38. The number of aliphatic carboxylic acids is 1. The van der Waals surface area contributed by atoms with Crippen LogP contribution >= 0.6 is 11.3 Å². The zero-order valence-electron chi connectivity index (χ0n) is 18.1. The van der Waals surface area contributed by atoms with Crippen LogP contribution in [0.5, 0.6) is 11.5 Å². The molecule has 0 atom stereocenters. The second-order valence-electron chi connectivity index (χ2n) is 6.77. The number of ether oxygens (including phenoxy) is 2. The van der Waals surface area contributed by atoms with E-state index in [4.69, 9.17) is 19.4 Å². The summed E-state index contributed by atoms with van der Waals surface area (Å²) in [4.78, 5) is 25.8. The molecule has 0 spiro atoms. The minimum atomic E-state index is -5.08. The molecule has 8 nitrogen and oxygen atoms in total. The van der Waals surface area contributed by atoms with Crippen LogP contribution in [0, 0.1) is 0 Å². The van der Waals surface area contributed by atoms with Crippen LogP contribution in [0.3, 0.4) is 0 Å². The van der Waals surface area contributed by atoms with Gasteiger partial charge in [0.25, 0.3) is 5.56 Å². The maximum Gasteiger partial charge on any atom is 0.490 e. The molecule has 0 aliphatic heterocycles. The zero-order chi connectivity index (χ0) is 25.0. The monoisotopic (exact) mass is 493 g/mol. The van der Waals surface area contributed by atoms with Gasteiger partial charge in [0.05, 0.1) is 24.3 Å². The van der Waals surface area contributed by atoms with Gasteiger partial charge in [0, 0.05) is 42.0 Å². The molecule has 12 heteroatoms. The van der Waals surface area contributed by atoms with Gasteiger partial charge in [-0.1, -0.05) is 0 Å². The summed E-state index contributed by atoms with van der Waals surface area (Å²) in [5.41, 5.74) is 3.26. The summed E-state index contributed by atoms with van der Waals surface area (Å²) in [6, 6.07) is 9.38. The summed E-state index contributed by atoms with van der Waals surface area (Å²) in [5, 5.41) is 14.3. The quantitative estimate of drug-likeness (QED) is 0.450. The number of aryl methyl sites for hydroxylation is 1. The summed E-state index contributed by atoms with van der Waals surface area (Å²) in [6.45, 7) is 0. The Morgan fingerprint density at radius 2 is 1.62 bits per heavy atom. The molecule has 0 fully saturated rings. The summed E-state index contributed by atoms with van der Waals surface area (Å²) >= 11 is 1.50. The molecular formula is C22H18F3N3O5S.